The molecule has 2 aliphatic heterocycles. The van der Waals surface area contributed by atoms with Crippen LogP contribution in [0.4, 0.5) is 0 Å². The second kappa shape index (κ2) is 7.38. The Morgan fingerprint density at radius 2 is 1.76 bits per heavy atom. The van der Waals surface area contributed by atoms with Gasteiger partial charge < -0.3 is 23.4 Å². The minimum Gasteiger partial charge on any atom is -0.497 e. The highest BCUT2D eigenvalue weighted by Gasteiger charge is 2.51. The maximum Gasteiger partial charge on any atom is 0.343 e. The largest absolute Gasteiger partial charge is 0.497 e. The molecular formula is C27H20O7. The molecule has 0 aliphatic carbocycles. The van der Waals surface area contributed by atoms with Gasteiger partial charge in [0.15, 0.2) is 0 Å². The third kappa shape index (κ3) is 3.04. The molecule has 6 rings (SSSR count). The molecule has 4 aromatic rings. The summed E-state index contributed by atoms with van der Waals surface area (Å²) in [5.41, 5.74) is 2.02. The first kappa shape index (κ1) is 20.4. The van der Waals surface area contributed by atoms with Crippen molar-refractivity contribution in [3.05, 3.63) is 93.8 Å². The van der Waals surface area contributed by atoms with Crippen LogP contribution < -0.4 is 24.6 Å². The third-order valence-electron chi connectivity index (χ3n) is 6.31. The zero-order valence-electron chi connectivity index (χ0n) is 18.5. The van der Waals surface area contributed by atoms with E-state index in [0.717, 1.165) is 11.1 Å². The number of esters is 1. The highest BCUT2D eigenvalue weighted by molar-refractivity contribution is 5.85. The maximum absolute atomic E-state index is 13.2. The van der Waals surface area contributed by atoms with Crippen molar-refractivity contribution in [2.45, 2.75) is 25.0 Å². The van der Waals surface area contributed by atoms with Crippen molar-refractivity contribution in [3.63, 3.8) is 0 Å². The molecule has 0 fully saturated rings. The van der Waals surface area contributed by atoms with Crippen molar-refractivity contribution in [3.8, 4) is 23.0 Å². The van der Waals surface area contributed by atoms with Gasteiger partial charge in [0.2, 0.25) is 0 Å². The van der Waals surface area contributed by atoms with E-state index in [-0.39, 0.29) is 5.92 Å². The van der Waals surface area contributed by atoms with Crippen molar-refractivity contribution in [1.82, 2.24) is 0 Å². The number of ether oxygens (including phenoxy) is 4. The molecule has 0 N–H and O–H groups in total. The van der Waals surface area contributed by atoms with Gasteiger partial charge in [0, 0.05) is 36.5 Å². The van der Waals surface area contributed by atoms with Crippen LogP contribution in [0.5, 0.6) is 23.0 Å². The van der Waals surface area contributed by atoms with Crippen LogP contribution in [0.2, 0.25) is 0 Å². The number of hydrogen-bond donors (Lipinski definition) is 0. The molecule has 3 heterocycles. The average molecular weight is 456 g/mol. The molecule has 1 aromatic heterocycles. The number of methoxy groups -OCH3 is 1. The van der Waals surface area contributed by atoms with Gasteiger partial charge in [-0.3, -0.25) is 4.79 Å². The van der Waals surface area contributed by atoms with Crippen LogP contribution in [-0.4, -0.2) is 13.1 Å². The Hall–Kier alpha value is -4.26. The highest BCUT2D eigenvalue weighted by Crippen LogP contribution is 2.55. The van der Waals surface area contributed by atoms with E-state index in [1.54, 1.807) is 25.3 Å². The Morgan fingerprint density at radius 1 is 1.00 bits per heavy atom. The lowest BCUT2D eigenvalue weighted by molar-refractivity contribution is -0.148. The highest BCUT2D eigenvalue weighted by atomic mass is 16.7. The minimum atomic E-state index is -1.21. The summed E-state index contributed by atoms with van der Waals surface area (Å²) in [5.74, 6) is -0.00854. The lowest BCUT2D eigenvalue weighted by Crippen LogP contribution is -2.48. The van der Waals surface area contributed by atoms with Gasteiger partial charge in [0.1, 0.15) is 28.6 Å². The summed E-state index contributed by atoms with van der Waals surface area (Å²) >= 11 is 0. The van der Waals surface area contributed by atoms with E-state index in [4.69, 9.17) is 23.4 Å². The molecule has 2 aliphatic rings. The van der Waals surface area contributed by atoms with Gasteiger partial charge in [-0.1, -0.05) is 18.2 Å². The molecule has 34 heavy (non-hydrogen) atoms. The fourth-order valence-corrected chi connectivity index (χ4v) is 4.83. The molecule has 0 amide bonds. The van der Waals surface area contributed by atoms with Crippen molar-refractivity contribution in [2.24, 2.45) is 0 Å². The maximum atomic E-state index is 13.2. The Kier molecular flexibility index (Phi) is 4.42. The fourth-order valence-electron chi connectivity index (χ4n) is 4.83. The number of para-hydroxylation sites is 1. The standard InChI is InChI=1S/C27H20O7/c1-15(28)31-18-11-12-19-21-14-27(33-23(19)13-18,16-7-9-17(30-2)10-8-16)34-25-20-5-3-4-6-22(20)32-26(29)24(21)25/h3-13,21H,14H2,1-2H3. The summed E-state index contributed by atoms with van der Waals surface area (Å²) in [7, 11) is 1.60. The summed E-state index contributed by atoms with van der Waals surface area (Å²) in [6, 6.07) is 19.9. The van der Waals surface area contributed by atoms with Crippen LogP contribution >= 0.6 is 0 Å². The second-order valence-corrected chi connectivity index (χ2v) is 8.36. The number of hydrogen-bond acceptors (Lipinski definition) is 7. The van der Waals surface area contributed by atoms with Crippen LogP contribution in [0, 0.1) is 0 Å². The van der Waals surface area contributed by atoms with E-state index >= 15 is 0 Å². The lowest BCUT2D eigenvalue weighted by Gasteiger charge is -2.46. The van der Waals surface area contributed by atoms with Gasteiger partial charge in [0.25, 0.3) is 5.79 Å². The van der Waals surface area contributed by atoms with E-state index in [9.17, 15) is 9.59 Å². The van der Waals surface area contributed by atoms with Gasteiger partial charge in [-0.15, -0.1) is 0 Å². The normalized spacial score (nSPS) is 19.9. The van der Waals surface area contributed by atoms with Gasteiger partial charge in [-0.2, -0.15) is 0 Å². The minimum absolute atomic E-state index is 0.346. The van der Waals surface area contributed by atoms with Crippen LogP contribution in [0.3, 0.4) is 0 Å². The van der Waals surface area contributed by atoms with Crippen LogP contribution in [0.1, 0.15) is 36.0 Å². The quantitative estimate of drug-likeness (QED) is 0.247. The Balaban J connectivity index is 1.61. The summed E-state index contributed by atoms with van der Waals surface area (Å²) in [5, 5.41) is 0.697. The molecule has 0 saturated heterocycles. The van der Waals surface area contributed by atoms with Crippen molar-refractivity contribution >= 4 is 16.9 Å². The first-order chi connectivity index (χ1) is 16.5. The average Bonchev–Trinajstić information content (AvgIpc) is 2.83. The van der Waals surface area contributed by atoms with Gasteiger partial charge in [-0.05, 0) is 42.5 Å². The zero-order chi connectivity index (χ0) is 23.4. The van der Waals surface area contributed by atoms with E-state index in [1.165, 1.54) is 6.92 Å². The lowest BCUT2D eigenvalue weighted by atomic mass is 9.78. The van der Waals surface area contributed by atoms with E-state index in [2.05, 4.69) is 0 Å². The summed E-state index contributed by atoms with van der Waals surface area (Å²) < 4.78 is 29.4. The number of fused-ring (bicyclic) bond motifs is 8. The summed E-state index contributed by atoms with van der Waals surface area (Å²) in [4.78, 5) is 24.7. The van der Waals surface area contributed by atoms with Crippen molar-refractivity contribution in [2.75, 3.05) is 7.11 Å². The first-order valence-corrected chi connectivity index (χ1v) is 10.9. The molecule has 2 atom stereocenters. The topological polar surface area (TPSA) is 84.2 Å². The summed E-state index contributed by atoms with van der Waals surface area (Å²) in [6.07, 6.45) is 0.370. The Labute approximate surface area is 194 Å². The molecule has 7 heteroatoms. The van der Waals surface area contributed by atoms with Crippen LogP contribution in [0.25, 0.3) is 11.0 Å². The van der Waals surface area contributed by atoms with E-state index in [0.29, 0.717) is 46.0 Å². The van der Waals surface area contributed by atoms with Crippen molar-refractivity contribution < 1.29 is 28.2 Å². The van der Waals surface area contributed by atoms with Crippen molar-refractivity contribution in [1.29, 1.82) is 0 Å². The van der Waals surface area contributed by atoms with Crippen LogP contribution in [-0.2, 0) is 10.6 Å². The molecule has 0 spiro atoms. The number of carbonyl (C=O) groups is 1. The molecule has 0 radical (unpaired) electrons. The molecule has 0 saturated carbocycles. The number of benzene rings is 3. The van der Waals surface area contributed by atoms with Crippen LogP contribution in [0.15, 0.2) is 75.9 Å². The predicted octanol–water partition coefficient (Wildman–Crippen LogP) is 4.89. The zero-order valence-corrected chi connectivity index (χ0v) is 18.5. The smallest absolute Gasteiger partial charge is 0.343 e. The Bertz CT molecular complexity index is 1500. The monoisotopic (exact) mass is 456 g/mol. The summed E-state index contributed by atoms with van der Waals surface area (Å²) in [6.45, 7) is 1.34. The second-order valence-electron chi connectivity index (χ2n) is 8.36. The predicted molar refractivity (Wildman–Crippen MR) is 123 cm³/mol. The third-order valence-corrected chi connectivity index (χ3v) is 6.31. The first-order valence-electron chi connectivity index (χ1n) is 10.9. The van der Waals surface area contributed by atoms with E-state index < -0.39 is 17.4 Å². The number of rotatable bonds is 3. The van der Waals surface area contributed by atoms with Gasteiger partial charge >= 0.3 is 11.6 Å². The fraction of sp³-hybridized carbons (Fsp3) is 0.185. The van der Waals surface area contributed by atoms with Gasteiger partial charge in [0.05, 0.1) is 18.1 Å². The Morgan fingerprint density at radius 3 is 2.53 bits per heavy atom. The molecule has 2 unspecified atom stereocenters. The van der Waals surface area contributed by atoms with E-state index in [1.807, 2.05) is 48.5 Å². The molecule has 2 bridgehead atoms. The molecule has 7 nitrogen and oxygen atoms in total. The molecule has 3 aromatic carbocycles. The molecular weight excluding hydrogens is 436 g/mol. The SMILES string of the molecule is COc1ccc(C23CC(c4ccc(OC(C)=O)cc4O2)c2c(c4ccccc4oc2=O)O3)cc1. The molecule has 170 valence electrons. The number of carbonyl (C=O) groups excluding carboxylic acids is 1. The van der Waals surface area contributed by atoms with Gasteiger partial charge in [-0.25, -0.2) is 4.79 Å².